The van der Waals surface area contributed by atoms with Crippen LogP contribution in [-0.4, -0.2) is 34.6 Å². The van der Waals surface area contributed by atoms with Gasteiger partial charge in [-0.2, -0.15) is 0 Å². The van der Waals surface area contributed by atoms with Crippen molar-refractivity contribution < 1.29 is 19.2 Å². The molecule has 0 aromatic rings. The highest BCUT2D eigenvalue weighted by Gasteiger charge is 2.42. The smallest absolute Gasteiger partial charge is 0.261 e. The average Bonchev–Trinajstić information content (AvgIpc) is 2.48. The fourth-order valence-corrected chi connectivity index (χ4v) is 2.60. The summed E-state index contributed by atoms with van der Waals surface area (Å²) < 4.78 is 0. The Kier molecular flexibility index (Phi) is 4.70. The molecule has 2 heterocycles. The molecule has 4 amide bonds. The largest absolute Gasteiger partial charge is 0.295 e. The molecule has 0 aromatic carbocycles. The van der Waals surface area contributed by atoms with Gasteiger partial charge in [0, 0.05) is 12.0 Å². The molecule has 6 heteroatoms. The van der Waals surface area contributed by atoms with Gasteiger partial charge in [-0.15, -0.1) is 0 Å². The van der Waals surface area contributed by atoms with Gasteiger partial charge in [0.25, 0.3) is 5.91 Å². The van der Waals surface area contributed by atoms with E-state index >= 15 is 0 Å². The van der Waals surface area contributed by atoms with E-state index in [-0.39, 0.29) is 25.2 Å². The van der Waals surface area contributed by atoms with Crippen LogP contribution in [0.5, 0.6) is 0 Å². The molecule has 116 valence electrons. The lowest BCUT2D eigenvalue weighted by Crippen LogP contribution is -2.58. The van der Waals surface area contributed by atoms with Crippen molar-refractivity contribution in [2.45, 2.75) is 39.2 Å². The first-order chi connectivity index (χ1) is 10.5. The van der Waals surface area contributed by atoms with Gasteiger partial charge in [-0.3, -0.25) is 29.4 Å². The summed E-state index contributed by atoms with van der Waals surface area (Å²) in [6.45, 7) is 3.59. The lowest BCUT2D eigenvalue weighted by molar-refractivity contribution is -0.154. The summed E-state index contributed by atoms with van der Waals surface area (Å²) in [5.74, 6) is -1.87. The molecule has 1 N–H and O–H groups in total. The third-order valence-electron chi connectivity index (χ3n) is 3.73. The van der Waals surface area contributed by atoms with Crippen LogP contribution in [0.15, 0.2) is 35.5 Å². The summed E-state index contributed by atoms with van der Waals surface area (Å²) in [4.78, 5) is 49.1. The Labute approximate surface area is 128 Å². The highest BCUT2D eigenvalue weighted by molar-refractivity contribution is 6.15. The minimum atomic E-state index is -0.912. The Morgan fingerprint density at radius 1 is 1.18 bits per heavy atom. The number of nitrogens with one attached hydrogen (secondary N) is 1. The van der Waals surface area contributed by atoms with Crippen LogP contribution in [0.1, 0.15) is 33.1 Å². The van der Waals surface area contributed by atoms with Crippen molar-refractivity contribution in [2.24, 2.45) is 0 Å². The van der Waals surface area contributed by atoms with Crippen LogP contribution in [0, 0.1) is 0 Å². The summed E-state index contributed by atoms with van der Waals surface area (Å²) in [6.07, 6.45) is 7.23. The maximum atomic E-state index is 12.6. The fraction of sp³-hybridized carbons (Fsp3) is 0.375. The van der Waals surface area contributed by atoms with E-state index in [1.54, 1.807) is 31.2 Å². The van der Waals surface area contributed by atoms with Crippen LogP contribution >= 0.6 is 0 Å². The predicted octanol–water partition coefficient (Wildman–Crippen LogP) is 0.999. The van der Waals surface area contributed by atoms with Gasteiger partial charge in [0.15, 0.2) is 0 Å². The molecule has 0 aromatic heterocycles. The second-order valence-corrected chi connectivity index (χ2v) is 5.13. The molecule has 0 bridgehead atoms. The van der Waals surface area contributed by atoms with E-state index in [1.807, 2.05) is 6.92 Å². The van der Waals surface area contributed by atoms with E-state index < -0.39 is 23.8 Å². The highest BCUT2D eigenvalue weighted by Crippen LogP contribution is 2.28. The Bertz CT molecular complexity index is 628. The highest BCUT2D eigenvalue weighted by atomic mass is 16.2. The number of rotatable bonds is 2. The summed E-state index contributed by atoms with van der Waals surface area (Å²) in [5.41, 5.74) is 1.06. The van der Waals surface area contributed by atoms with Crippen LogP contribution in [0.4, 0.5) is 0 Å². The maximum absolute atomic E-state index is 12.6. The second kappa shape index (κ2) is 6.51. The van der Waals surface area contributed by atoms with Crippen molar-refractivity contribution in [3.63, 3.8) is 0 Å². The molecule has 2 fully saturated rings. The molecule has 2 aliphatic heterocycles. The quantitative estimate of drug-likeness (QED) is 0.609. The number of hydrogen-bond acceptors (Lipinski definition) is 4. The van der Waals surface area contributed by atoms with Gasteiger partial charge in [0.1, 0.15) is 6.04 Å². The molecular weight excluding hydrogens is 284 g/mol. The molecule has 6 nitrogen and oxygen atoms in total. The molecule has 2 aliphatic rings. The molecule has 0 unspecified atom stereocenters. The molecule has 0 spiro atoms. The van der Waals surface area contributed by atoms with Crippen LogP contribution in [0.25, 0.3) is 0 Å². The van der Waals surface area contributed by atoms with Crippen molar-refractivity contribution in [1.82, 2.24) is 10.2 Å². The number of allylic oxidation sites excluding steroid dienone is 4. The first-order valence-corrected chi connectivity index (χ1v) is 7.18. The SMILES string of the molecule is C\C=C/C=C1/C(=O)N([C@H]2CCC(=O)NC2=O)C(=O)C/C1=C/C. The van der Waals surface area contributed by atoms with E-state index in [9.17, 15) is 19.2 Å². The Balaban J connectivity index is 2.36. The lowest BCUT2D eigenvalue weighted by atomic mass is 9.92. The number of likely N-dealkylation sites (tertiary alicyclic amines) is 1. The van der Waals surface area contributed by atoms with Gasteiger partial charge < -0.3 is 0 Å². The van der Waals surface area contributed by atoms with E-state index in [2.05, 4.69) is 5.32 Å². The number of piperidine rings is 2. The fourth-order valence-electron chi connectivity index (χ4n) is 2.60. The summed E-state index contributed by atoms with van der Waals surface area (Å²) in [6, 6.07) is -0.912. The molecule has 1 atom stereocenters. The molecule has 2 saturated heterocycles. The monoisotopic (exact) mass is 302 g/mol. The second-order valence-electron chi connectivity index (χ2n) is 5.13. The molecular formula is C16H18N2O4. The minimum absolute atomic E-state index is 0.0728. The van der Waals surface area contributed by atoms with Crippen molar-refractivity contribution in [2.75, 3.05) is 0 Å². The topological polar surface area (TPSA) is 83.6 Å². The molecule has 0 aliphatic carbocycles. The maximum Gasteiger partial charge on any atom is 0.261 e. The number of hydrogen-bond donors (Lipinski definition) is 1. The third-order valence-corrected chi connectivity index (χ3v) is 3.73. The normalized spacial score (nSPS) is 27.2. The Morgan fingerprint density at radius 3 is 2.50 bits per heavy atom. The number of imide groups is 2. The van der Waals surface area contributed by atoms with Gasteiger partial charge in [0.2, 0.25) is 17.7 Å². The van der Waals surface area contributed by atoms with Crippen LogP contribution in [0.2, 0.25) is 0 Å². The zero-order valence-corrected chi connectivity index (χ0v) is 12.6. The van der Waals surface area contributed by atoms with Gasteiger partial charge in [-0.1, -0.05) is 18.2 Å². The minimum Gasteiger partial charge on any atom is -0.295 e. The van der Waals surface area contributed by atoms with Crippen LogP contribution < -0.4 is 5.32 Å². The Morgan fingerprint density at radius 2 is 1.91 bits per heavy atom. The van der Waals surface area contributed by atoms with Gasteiger partial charge in [-0.05, 0) is 31.9 Å². The van der Waals surface area contributed by atoms with E-state index in [1.165, 1.54) is 0 Å². The van der Waals surface area contributed by atoms with Gasteiger partial charge in [-0.25, -0.2) is 0 Å². The zero-order valence-electron chi connectivity index (χ0n) is 12.6. The van der Waals surface area contributed by atoms with E-state index in [0.717, 1.165) is 4.90 Å². The van der Waals surface area contributed by atoms with Crippen molar-refractivity contribution in [3.05, 3.63) is 35.5 Å². The standard InChI is InChI=1S/C16H18N2O4/c1-3-5-6-11-10(4-2)9-14(20)18(16(11)22)12-7-8-13(19)17-15(12)21/h3-6,12H,7-9H2,1-2H3,(H,17,19,21)/b5-3-,10-4-,11-6+/t12-/m0/s1. The van der Waals surface area contributed by atoms with Crippen LogP contribution in [0.3, 0.4) is 0 Å². The molecule has 0 radical (unpaired) electrons. The number of carbonyl (C=O) groups is 4. The Hall–Kier alpha value is -2.50. The molecule has 0 saturated carbocycles. The first-order valence-electron chi connectivity index (χ1n) is 7.18. The number of carbonyl (C=O) groups excluding carboxylic acids is 4. The molecule has 2 rings (SSSR count). The summed E-state index contributed by atoms with van der Waals surface area (Å²) >= 11 is 0. The number of amides is 4. The van der Waals surface area contributed by atoms with E-state index in [0.29, 0.717) is 11.1 Å². The van der Waals surface area contributed by atoms with Crippen LogP contribution in [-0.2, 0) is 19.2 Å². The number of nitrogens with zero attached hydrogens (tertiary/aromatic N) is 1. The van der Waals surface area contributed by atoms with Crippen molar-refractivity contribution in [3.8, 4) is 0 Å². The van der Waals surface area contributed by atoms with Gasteiger partial charge in [0.05, 0.1) is 6.42 Å². The zero-order chi connectivity index (χ0) is 16.3. The van der Waals surface area contributed by atoms with Crippen molar-refractivity contribution >= 4 is 23.6 Å². The lowest BCUT2D eigenvalue weighted by Gasteiger charge is -2.35. The molecule has 22 heavy (non-hydrogen) atoms. The van der Waals surface area contributed by atoms with Gasteiger partial charge >= 0.3 is 0 Å². The van der Waals surface area contributed by atoms with Crippen molar-refractivity contribution in [1.29, 1.82) is 0 Å². The summed E-state index contributed by atoms with van der Waals surface area (Å²) in [7, 11) is 0. The summed E-state index contributed by atoms with van der Waals surface area (Å²) in [5, 5.41) is 2.18. The first kappa shape index (κ1) is 15.9. The third kappa shape index (κ3) is 2.90. The average molecular weight is 302 g/mol. The predicted molar refractivity (Wildman–Crippen MR) is 79.3 cm³/mol. The van der Waals surface area contributed by atoms with E-state index in [4.69, 9.17) is 0 Å².